The van der Waals surface area contributed by atoms with Gasteiger partial charge in [-0.25, -0.2) is 0 Å². The van der Waals surface area contributed by atoms with Crippen LogP contribution in [0.1, 0.15) is 22.3 Å². The number of phenols is 2. The molecule has 0 saturated heterocycles. The van der Waals surface area contributed by atoms with Crippen LogP contribution in [0.4, 0.5) is 26.3 Å². The molecule has 0 saturated carbocycles. The Labute approximate surface area is 148 Å². The summed E-state index contributed by atoms with van der Waals surface area (Å²) in [5.74, 6) is -1.58. The molecule has 27 heavy (non-hydrogen) atoms. The number of hydrogen-bond acceptors (Lipinski definition) is 4. The molecule has 0 aliphatic heterocycles. The summed E-state index contributed by atoms with van der Waals surface area (Å²) < 4.78 is 83.4. The van der Waals surface area contributed by atoms with Gasteiger partial charge in [-0.2, -0.15) is 36.9 Å². The van der Waals surface area contributed by atoms with Crippen LogP contribution < -0.4 is 0 Å². The first-order valence-corrected chi connectivity index (χ1v) is 7.00. The van der Waals surface area contributed by atoms with E-state index in [1.54, 1.807) is 0 Å². The molecule has 0 fully saturated rings. The second-order valence-electron chi connectivity index (χ2n) is 5.43. The summed E-state index contributed by atoms with van der Waals surface area (Å²) >= 11 is 0. The predicted molar refractivity (Wildman–Crippen MR) is 78.5 cm³/mol. The molecule has 0 unspecified atom stereocenters. The topological polar surface area (TPSA) is 88.0 Å². The van der Waals surface area contributed by atoms with Gasteiger partial charge in [-0.05, 0) is 35.4 Å². The molecule has 0 aromatic heterocycles. The zero-order chi connectivity index (χ0) is 20.6. The minimum absolute atomic E-state index is 0.287. The lowest BCUT2D eigenvalue weighted by atomic mass is 9.72. The van der Waals surface area contributed by atoms with Crippen LogP contribution in [0.25, 0.3) is 0 Å². The Kier molecular flexibility index (Phi) is 4.72. The molecule has 0 heterocycles. The maximum atomic E-state index is 13.9. The molecule has 0 atom stereocenters. The number of benzene rings is 2. The summed E-state index contributed by atoms with van der Waals surface area (Å²) in [6, 6.07) is 5.10. The van der Waals surface area contributed by atoms with E-state index in [2.05, 4.69) is 0 Å². The Hall–Kier alpha value is -3.40. The van der Waals surface area contributed by atoms with Crippen LogP contribution in [0, 0.1) is 22.7 Å². The highest BCUT2D eigenvalue weighted by molar-refractivity contribution is 5.54. The highest BCUT2D eigenvalue weighted by Gasteiger charge is 2.72. The number of nitriles is 2. The number of nitrogens with zero attached hydrogens (tertiary/aromatic N) is 2. The van der Waals surface area contributed by atoms with Crippen molar-refractivity contribution < 1.29 is 36.6 Å². The average molecular weight is 386 g/mol. The SMILES string of the molecule is N#Cc1cc(C(c2ccc(O)c(C#N)c2)(C(F)(F)F)C(F)(F)F)ccc1O. The zero-order valence-corrected chi connectivity index (χ0v) is 13.0. The van der Waals surface area contributed by atoms with Crippen molar-refractivity contribution in [3.8, 4) is 23.6 Å². The van der Waals surface area contributed by atoms with E-state index < -0.39 is 51.5 Å². The third-order valence-electron chi connectivity index (χ3n) is 3.95. The van der Waals surface area contributed by atoms with Gasteiger partial charge in [0.25, 0.3) is 0 Å². The van der Waals surface area contributed by atoms with E-state index in [-0.39, 0.29) is 12.1 Å². The summed E-state index contributed by atoms with van der Waals surface area (Å²) in [6.07, 6.45) is -11.9. The normalized spacial score (nSPS) is 12.3. The maximum absolute atomic E-state index is 13.9. The monoisotopic (exact) mass is 386 g/mol. The van der Waals surface area contributed by atoms with Gasteiger partial charge in [-0.1, -0.05) is 12.1 Å². The number of rotatable bonds is 2. The van der Waals surface area contributed by atoms with Crippen LogP contribution in [-0.2, 0) is 5.41 Å². The number of alkyl halides is 6. The Morgan fingerprint density at radius 1 is 0.667 bits per heavy atom. The quantitative estimate of drug-likeness (QED) is 0.756. The van der Waals surface area contributed by atoms with Gasteiger partial charge in [0.05, 0.1) is 11.1 Å². The van der Waals surface area contributed by atoms with Crippen LogP contribution in [-0.4, -0.2) is 22.6 Å². The fraction of sp³-hybridized carbons (Fsp3) is 0.176. The molecule has 0 amide bonds. The van der Waals surface area contributed by atoms with Crippen molar-refractivity contribution in [3.63, 3.8) is 0 Å². The van der Waals surface area contributed by atoms with Crippen molar-refractivity contribution in [1.82, 2.24) is 0 Å². The second-order valence-corrected chi connectivity index (χ2v) is 5.43. The molecule has 2 aromatic carbocycles. The van der Waals surface area contributed by atoms with Crippen molar-refractivity contribution in [2.75, 3.05) is 0 Å². The molecule has 140 valence electrons. The van der Waals surface area contributed by atoms with E-state index in [0.717, 1.165) is 0 Å². The Morgan fingerprint density at radius 2 is 1.00 bits per heavy atom. The van der Waals surface area contributed by atoms with Gasteiger partial charge in [-0.3, -0.25) is 0 Å². The molecule has 0 spiro atoms. The molecule has 0 aliphatic carbocycles. The summed E-state index contributed by atoms with van der Waals surface area (Å²) in [4.78, 5) is 0. The van der Waals surface area contributed by atoms with E-state index in [4.69, 9.17) is 10.5 Å². The minimum Gasteiger partial charge on any atom is -0.507 e. The van der Waals surface area contributed by atoms with Gasteiger partial charge in [-0.15, -0.1) is 0 Å². The van der Waals surface area contributed by atoms with Crippen LogP contribution in [0.15, 0.2) is 36.4 Å². The lowest BCUT2D eigenvalue weighted by Gasteiger charge is -2.38. The number of hydrogen-bond donors (Lipinski definition) is 2. The number of aromatic hydroxyl groups is 2. The van der Waals surface area contributed by atoms with Crippen LogP contribution >= 0.6 is 0 Å². The largest absolute Gasteiger partial charge is 0.507 e. The fourth-order valence-corrected chi connectivity index (χ4v) is 2.70. The first-order chi connectivity index (χ1) is 12.4. The highest BCUT2D eigenvalue weighted by atomic mass is 19.4. The Bertz CT molecular complexity index is 888. The van der Waals surface area contributed by atoms with Crippen molar-refractivity contribution in [3.05, 3.63) is 58.7 Å². The van der Waals surface area contributed by atoms with E-state index in [1.807, 2.05) is 0 Å². The first kappa shape index (κ1) is 19.9. The molecule has 0 aliphatic rings. The zero-order valence-electron chi connectivity index (χ0n) is 13.0. The maximum Gasteiger partial charge on any atom is 0.411 e. The van der Waals surface area contributed by atoms with Gasteiger partial charge < -0.3 is 10.2 Å². The lowest BCUT2D eigenvalue weighted by molar-refractivity contribution is -0.288. The number of phenolic OH excluding ortho intramolecular Hbond substituents is 2. The minimum atomic E-state index is -5.93. The molecule has 0 radical (unpaired) electrons. The van der Waals surface area contributed by atoms with Crippen LogP contribution in [0.2, 0.25) is 0 Å². The average Bonchev–Trinajstić information content (AvgIpc) is 2.55. The molecular formula is C17H8F6N2O2. The van der Waals surface area contributed by atoms with Crippen molar-refractivity contribution in [2.45, 2.75) is 17.8 Å². The van der Waals surface area contributed by atoms with E-state index in [1.165, 1.54) is 12.1 Å². The molecule has 10 heteroatoms. The van der Waals surface area contributed by atoms with E-state index >= 15 is 0 Å². The molecule has 0 bridgehead atoms. The molecular weight excluding hydrogens is 378 g/mol. The van der Waals surface area contributed by atoms with Gasteiger partial charge in [0.1, 0.15) is 23.6 Å². The summed E-state index contributed by atoms with van der Waals surface area (Å²) in [5.41, 5.74) is -8.91. The van der Waals surface area contributed by atoms with Crippen molar-refractivity contribution in [2.24, 2.45) is 0 Å². The standard InChI is InChI=1S/C17H8F6N2O2/c18-16(19,20)15(17(21,22)23,11-1-3-13(26)9(5-11)7-24)12-2-4-14(27)10(6-12)8-25/h1-6,26-27H. The fourth-order valence-electron chi connectivity index (χ4n) is 2.70. The van der Waals surface area contributed by atoms with Gasteiger partial charge in [0.2, 0.25) is 5.41 Å². The highest BCUT2D eigenvalue weighted by Crippen LogP contribution is 2.56. The van der Waals surface area contributed by atoms with Crippen molar-refractivity contribution >= 4 is 0 Å². The van der Waals surface area contributed by atoms with Crippen LogP contribution in [0.5, 0.6) is 11.5 Å². The van der Waals surface area contributed by atoms with Crippen molar-refractivity contribution in [1.29, 1.82) is 10.5 Å². The van der Waals surface area contributed by atoms with E-state index in [9.17, 15) is 36.6 Å². The van der Waals surface area contributed by atoms with Crippen LogP contribution in [0.3, 0.4) is 0 Å². The summed E-state index contributed by atoms with van der Waals surface area (Å²) in [5, 5.41) is 36.6. The number of halogens is 6. The summed E-state index contributed by atoms with van der Waals surface area (Å²) in [7, 11) is 0. The smallest absolute Gasteiger partial charge is 0.411 e. The van der Waals surface area contributed by atoms with Gasteiger partial charge in [0, 0.05) is 0 Å². The Balaban J connectivity index is 3.02. The third kappa shape index (κ3) is 2.99. The summed E-state index contributed by atoms with van der Waals surface area (Å²) in [6.45, 7) is 0. The molecule has 2 rings (SSSR count). The first-order valence-electron chi connectivity index (χ1n) is 7.00. The van der Waals surface area contributed by atoms with Gasteiger partial charge >= 0.3 is 12.4 Å². The predicted octanol–water partition coefficient (Wildman–Crippen LogP) is 4.25. The third-order valence-corrected chi connectivity index (χ3v) is 3.95. The van der Waals surface area contributed by atoms with E-state index in [0.29, 0.717) is 24.3 Å². The Morgan fingerprint density at radius 3 is 1.26 bits per heavy atom. The molecule has 2 N–H and O–H groups in total. The van der Waals surface area contributed by atoms with Gasteiger partial charge in [0.15, 0.2) is 0 Å². The molecule has 2 aromatic rings. The molecule has 4 nitrogen and oxygen atoms in total. The lowest BCUT2D eigenvalue weighted by Crippen LogP contribution is -2.54. The second kappa shape index (κ2) is 6.40.